The first-order valence-electron chi connectivity index (χ1n) is 8.19. The molecule has 3 rings (SSSR count). The molecule has 25 heavy (non-hydrogen) atoms. The summed E-state index contributed by atoms with van der Waals surface area (Å²) in [5.74, 6) is 0.534. The fourth-order valence-corrected chi connectivity index (χ4v) is 2.88. The summed E-state index contributed by atoms with van der Waals surface area (Å²) in [6.45, 7) is 1.33. The second kappa shape index (κ2) is 7.70. The Morgan fingerprint density at radius 3 is 2.60 bits per heavy atom. The number of carbonyl (C=O) groups excluding carboxylic acids is 2. The molecule has 1 heterocycles. The van der Waals surface area contributed by atoms with E-state index in [1.165, 1.54) is 0 Å². The van der Waals surface area contributed by atoms with Crippen molar-refractivity contribution >= 4 is 11.9 Å². The zero-order valence-electron chi connectivity index (χ0n) is 14.1. The molecule has 3 amide bonds. The van der Waals surface area contributed by atoms with Crippen molar-refractivity contribution in [2.75, 3.05) is 20.2 Å². The van der Waals surface area contributed by atoms with Gasteiger partial charge in [-0.25, -0.2) is 4.79 Å². The lowest BCUT2D eigenvalue weighted by Gasteiger charge is -2.35. The number of rotatable bonds is 4. The van der Waals surface area contributed by atoms with E-state index < -0.39 is 6.04 Å². The number of ether oxygens (including phenoxy) is 1. The average molecular weight is 339 g/mol. The topological polar surface area (TPSA) is 70.7 Å². The van der Waals surface area contributed by atoms with Crippen molar-refractivity contribution in [2.24, 2.45) is 0 Å². The molecule has 0 bridgehead atoms. The van der Waals surface area contributed by atoms with Crippen LogP contribution in [0.15, 0.2) is 54.6 Å². The Morgan fingerprint density at radius 1 is 1.20 bits per heavy atom. The van der Waals surface area contributed by atoms with Gasteiger partial charge in [-0.15, -0.1) is 0 Å². The molecule has 130 valence electrons. The van der Waals surface area contributed by atoms with Gasteiger partial charge in [0.25, 0.3) is 0 Å². The molecule has 2 N–H and O–H groups in total. The molecule has 6 nitrogen and oxygen atoms in total. The van der Waals surface area contributed by atoms with Gasteiger partial charge in [0.1, 0.15) is 11.8 Å². The molecule has 1 unspecified atom stereocenters. The molecule has 1 aliphatic rings. The van der Waals surface area contributed by atoms with E-state index in [0.29, 0.717) is 25.4 Å². The molecule has 0 spiro atoms. The van der Waals surface area contributed by atoms with Crippen LogP contribution in [0.3, 0.4) is 0 Å². The van der Waals surface area contributed by atoms with E-state index in [-0.39, 0.29) is 11.9 Å². The first-order valence-corrected chi connectivity index (χ1v) is 8.19. The van der Waals surface area contributed by atoms with Crippen molar-refractivity contribution in [3.05, 3.63) is 65.7 Å². The van der Waals surface area contributed by atoms with Gasteiger partial charge in [0.2, 0.25) is 5.91 Å². The van der Waals surface area contributed by atoms with Crippen LogP contribution < -0.4 is 15.4 Å². The standard InChI is InChI=1S/C19H21N3O3/c1-25-16-9-7-15(8-10-16)17-18(23)20-11-12-22(17)19(24)21-13-14-5-3-2-4-6-14/h2-10,17H,11-13H2,1H3,(H,20,23)(H,21,24). The SMILES string of the molecule is COc1ccc(C2C(=O)NCCN2C(=O)NCc2ccccc2)cc1. The van der Waals surface area contributed by atoms with Crippen LogP contribution in [0.2, 0.25) is 0 Å². The summed E-state index contributed by atoms with van der Waals surface area (Å²) in [4.78, 5) is 26.6. The summed E-state index contributed by atoms with van der Waals surface area (Å²) in [6, 6.07) is 16.0. The number of hydrogen-bond acceptors (Lipinski definition) is 3. The van der Waals surface area contributed by atoms with Crippen molar-refractivity contribution in [1.82, 2.24) is 15.5 Å². The van der Waals surface area contributed by atoms with E-state index in [9.17, 15) is 9.59 Å². The van der Waals surface area contributed by atoms with Crippen LogP contribution >= 0.6 is 0 Å². The van der Waals surface area contributed by atoms with Crippen LogP contribution in [0, 0.1) is 0 Å². The van der Waals surface area contributed by atoms with E-state index in [1.54, 1.807) is 24.1 Å². The highest BCUT2D eigenvalue weighted by Gasteiger charge is 2.34. The van der Waals surface area contributed by atoms with Gasteiger partial charge in [-0.2, -0.15) is 0 Å². The first-order chi connectivity index (χ1) is 12.2. The Kier molecular flexibility index (Phi) is 5.18. The molecular formula is C19H21N3O3. The molecule has 0 aromatic heterocycles. The maximum absolute atomic E-state index is 12.6. The molecule has 6 heteroatoms. The molecule has 0 aliphatic carbocycles. The zero-order valence-corrected chi connectivity index (χ0v) is 14.1. The van der Waals surface area contributed by atoms with Crippen LogP contribution in [-0.4, -0.2) is 37.0 Å². The van der Waals surface area contributed by atoms with Crippen molar-refractivity contribution in [3.63, 3.8) is 0 Å². The van der Waals surface area contributed by atoms with Crippen molar-refractivity contribution < 1.29 is 14.3 Å². The number of nitrogens with zero attached hydrogens (tertiary/aromatic N) is 1. The summed E-state index contributed by atoms with van der Waals surface area (Å²) in [5, 5.41) is 5.72. The summed E-state index contributed by atoms with van der Waals surface area (Å²) in [7, 11) is 1.59. The Bertz CT molecular complexity index is 731. The van der Waals surface area contributed by atoms with Gasteiger partial charge in [-0.05, 0) is 23.3 Å². The normalized spacial score (nSPS) is 16.9. The molecular weight excluding hydrogens is 318 g/mol. The highest BCUT2D eigenvalue weighted by molar-refractivity contribution is 5.89. The zero-order chi connectivity index (χ0) is 17.6. The third-order valence-corrected chi connectivity index (χ3v) is 4.19. The van der Waals surface area contributed by atoms with Crippen LogP contribution in [0.25, 0.3) is 0 Å². The molecule has 2 aromatic rings. The van der Waals surface area contributed by atoms with E-state index >= 15 is 0 Å². The Morgan fingerprint density at radius 2 is 1.92 bits per heavy atom. The fraction of sp³-hybridized carbons (Fsp3) is 0.263. The average Bonchev–Trinajstić information content (AvgIpc) is 2.67. The highest BCUT2D eigenvalue weighted by atomic mass is 16.5. The van der Waals surface area contributed by atoms with Crippen molar-refractivity contribution in [3.8, 4) is 5.75 Å². The van der Waals surface area contributed by atoms with Crippen LogP contribution in [0.4, 0.5) is 4.79 Å². The fourth-order valence-electron chi connectivity index (χ4n) is 2.88. The summed E-state index contributed by atoms with van der Waals surface area (Å²) in [6.07, 6.45) is 0. The highest BCUT2D eigenvalue weighted by Crippen LogP contribution is 2.25. The van der Waals surface area contributed by atoms with Gasteiger partial charge < -0.3 is 20.3 Å². The largest absolute Gasteiger partial charge is 0.497 e. The lowest BCUT2D eigenvalue weighted by Crippen LogP contribution is -2.54. The number of methoxy groups -OCH3 is 1. The number of carbonyl (C=O) groups is 2. The summed E-state index contributed by atoms with van der Waals surface area (Å²) >= 11 is 0. The summed E-state index contributed by atoms with van der Waals surface area (Å²) < 4.78 is 5.15. The van der Waals surface area contributed by atoms with E-state index in [4.69, 9.17) is 4.74 Å². The minimum absolute atomic E-state index is 0.175. The van der Waals surface area contributed by atoms with Gasteiger partial charge in [0, 0.05) is 19.6 Å². The lowest BCUT2D eigenvalue weighted by molar-refractivity contribution is -0.127. The Hall–Kier alpha value is -3.02. The Labute approximate surface area is 146 Å². The lowest BCUT2D eigenvalue weighted by atomic mass is 10.0. The van der Waals surface area contributed by atoms with Crippen LogP contribution in [0.5, 0.6) is 5.75 Å². The first kappa shape index (κ1) is 16.8. The van der Waals surface area contributed by atoms with Gasteiger partial charge in [-0.3, -0.25) is 4.79 Å². The maximum Gasteiger partial charge on any atom is 0.318 e. The molecule has 1 atom stereocenters. The van der Waals surface area contributed by atoms with Gasteiger partial charge in [0.15, 0.2) is 0 Å². The molecule has 1 fully saturated rings. The number of hydrogen-bond donors (Lipinski definition) is 2. The number of amides is 3. The second-order valence-corrected chi connectivity index (χ2v) is 5.80. The van der Waals surface area contributed by atoms with E-state index in [1.807, 2.05) is 42.5 Å². The van der Waals surface area contributed by atoms with Crippen LogP contribution in [0.1, 0.15) is 17.2 Å². The molecule has 0 saturated carbocycles. The summed E-state index contributed by atoms with van der Waals surface area (Å²) in [5.41, 5.74) is 1.77. The van der Waals surface area contributed by atoms with E-state index in [0.717, 1.165) is 11.1 Å². The maximum atomic E-state index is 12.6. The molecule has 1 saturated heterocycles. The third-order valence-electron chi connectivity index (χ3n) is 4.19. The van der Waals surface area contributed by atoms with Gasteiger partial charge >= 0.3 is 6.03 Å². The minimum atomic E-state index is -0.643. The minimum Gasteiger partial charge on any atom is -0.497 e. The van der Waals surface area contributed by atoms with Crippen molar-refractivity contribution in [2.45, 2.75) is 12.6 Å². The molecule has 0 radical (unpaired) electrons. The Balaban J connectivity index is 1.74. The second-order valence-electron chi connectivity index (χ2n) is 5.80. The molecule has 2 aromatic carbocycles. The number of benzene rings is 2. The predicted molar refractivity (Wildman–Crippen MR) is 94.1 cm³/mol. The van der Waals surface area contributed by atoms with Crippen molar-refractivity contribution in [1.29, 1.82) is 0 Å². The quantitative estimate of drug-likeness (QED) is 0.896. The van der Waals surface area contributed by atoms with Crippen LogP contribution in [-0.2, 0) is 11.3 Å². The number of nitrogens with one attached hydrogen (secondary N) is 2. The van der Waals surface area contributed by atoms with Gasteiger partial charge in [-0.1, -0.05) is 42.5 Å². The third kappa shape index (κ3) is 3.91. The monoisotopic (exact) mass is 339 g/mol. The number of urea groups is 1. The number of piperazine rings is 1. The predicted octanol–water partition coefficient (Wildman–Crippen LogP) is 2.08. The smallest absolute Gasteiger partial charge is 0.318 e. The van der Waals surface area contributed by atoms with E-state index in [2.05, 4.69) is 10.6 Å². The molecule has 1 aliphatic heterocycles. The van der Waals surface area contributed by atoms with Gasteiger partial charge in [0.05, 0.1) is 7.11 Å².